The fourth-order valence-corrected chi connectivity index (χ4v) is 2.03. The number of rotatable bonds is 2. The summed E-state index contributed by atoms with van der Waals surface area (Å²) in [6.45, 7) is 1.98. The van der Waals surface area contributed by atoms with Gasteiger partial charge in [0.1, 0.15) is 0 Å². The molecule has 0 aliphatic rings. The van der Waals surface area contributed by atoms with Crippen molar-refractivity contribution in [1.82, 2.24) is 4.98 Å². The topological polar surface area (TPSA) is 55.1 Å². The zero-order valence-corrected chi connectivity index (χ0v) is 10.4. The molecule has 0 saturated carbocycles. The molecule has 3 rings (SSSR count). The molecular formula is C15H12N2O2. The van der Waals surface area contributed by atoms with Gasteiger partial charge in [-0.05, 0) is 42.8 Å². The van der Waals surface area contributed by atoms with Crippen molar-refractivity contribution in [3.8, 4) is 0 Å². The van der Waals surface area contributed by atoms with Crippen molar-refractivity contribution in [1.29, 1.82) is 0 Å². The van der Waals surface area contributed by atoms with E-state index in [0.29, 0.717) is 5.69 Å². The first-order valence-corrected chi connectivity index (χ1v) is 5.94. The van der Waals surface area contributed by atoms with Crippen LogP contribution in [0, 0.1) is 6.92 Å². The molecule has 0 atom stereocenters. The molecular weight excluding hydrogens is 240 g/mol. The maximum Gasteiger partial charge on any atom is 0.291 e. The Labute approximate surface area is 110 Å². The summed E-state index contributed by atoms with van der Waals surface area (Å²) in [6, 6.07) is 11.1. The zero-order chi connectivity index (χ0) is 13.2. The van der Waals surface area contributed by atoms with Crippen molar-refractivity contribution in [3.05, 3.63) is 60.2 Å². The molecule has 1 N–H and O–H groups in total. The van der Waals surface area contributed by atoms with Crippen LogP contribution in [0.15, 0.2) is 53.3 Å². The van der Waals surface area contributed by atoms with Crippen LogP contribution in [-0.2, 0) is 0 Å². The Balaban J connectivity index is 2.03. The van der Waals surface area contributed by atoms with E-state index in [2.05, 4.69) is 10.3 Å². The van der Waals surface area contributed by atoms with Gasteiger partial charge < -0.3 is 9.73 Å². The second-order valence-corrected chi connectivity index (χ2v) is 4.32. The number of amides is 1. The minimum absolute atomic E-state index is 0.275. The summed E-state index contributed by atoms with van der Waals surface area (Å²) in [5.41, 5.74) is 2.53. The van der Waals surface area contributed by atoms with Gasteiger partial charge in [-0.15, -0.1) is 0 Å². The number of nitrogens with one attached hydrogen (secondary N) is 1. The zero-order valence-electron chi connectivity index (χ0n) is 10.4. The molecule has 0 bridgehead atoms. The van der Waals surface area contributed by atoms with E-state index < -0.39 is 0 Å². The van der Waals surface area contributed by atoms with Crippen molar-refractivity contribution in [2.24, 2.45) is 0 Å². The first-order chi connectivity index (χ1) is 9.24. The summed E-state index contributed by atoms with van der Waals surface area (Å²) in [5, 5.41) is 3.83. The fraction of sp³-hybridized carbons (Fsp3) is 0.0667. The summed E-state index contributed by atoms with van der Waals surface area (Å²) in [5.74, 6) is 0.00754. The molecule has 2 heterocycles. The lowest BCUT2D eigenvalue weighted by atomic mass is 10.1. The highest BCUT2D eigenvalue weighted by atomic mass is 16.3. The predicted molar refractivity (Wildman–Crippen MR) is 73.1 cm³/mol. The van der Waals surface area contributed by atoms with Crippen LogP contribution in [0.4, 0.5) is 5.69 Å². The highest BCUT2D eigenvalue weighted by molar-refractivity contribution is 6.07. The molecule has 0 saturated heterocycles. The molecule has 0 fully saturated rings. The fourth-order valence-electron chi connectivity index (χ4n) is 2.03. The third kappa shape index (κ3) is 2.20. The Hall–Kier alpha value is -2.62. The molecule has 3 aromatic rings. The van der Waals surface area contributed by atoms with Gasteiger partial charge >= 0.3 is 0 Å². The molecule has 0 spiro atoms. The van der Waals surface area contributed by atoms with Crippen LogP contribution in [0.25, 0.3) is 10.9 Å². The second kappa shape index (κ2) is 4.57. The van der Waals surface area contributed by atoms with Gasteiger partial charge in [-0.2, -0.15) is 0 Å². The van der Waals surface area contributed by atoms with Gasteiger partial charge in [-0.25, -0.2) is 0 Å². The van der Waals surface area contributed by atoms with Crippen molar-refractivity contribution >= 4 is 22.5 Å². The quantitative estimate of drug-likeness (QED) is 0.760. The van der Waals surface area contributed by atoms with Gasteiger partial charge in [0.15, 0.2) is 5.76 Å². The number of aryl methyl sites for hydroxylation is 1. The van der Waals surface area contributed by atoms with Gasteiger partial charge in [-0.3, -0.25) is 9.78 Å². The van der Waals surface area contributed by atoms with Crippen molar-refractivity contribution in [3.63, 3.8) is 0 Å². The Bertz CT molecular complexity index is 733. The Morgan fingerprint density at radius 3 is 2.95 bits per heavy atom. The summed E-state index contributed by atoms with van der Waals surface area (Å²) < 4.78 is 5.08. The van der Waals surface area contributed by atoms with Crippen LogP contribution in [0.1, 0.15) is 16.1 Å². The number of furan rings is 1. The number of nitrogens with zero attached hydrogens (tertiary/aromatic N) is 1. The second-order valence-electron chi connectivity index (χ2n) is 4.32. The van der Waals surface area contributed by atoms with Crippen LogP contribution in [-0.4, -0.2) is 10.9 Å². The normalized spacial score (nSPS) is 10.6. The molecule has 0 aliphatic heterocycles. The minimum atomic E-state index is -0.275. The maximum absolute atomic E-state index is 12.0. The molecule has 0 radical (unpaired) electrons. The number of fused-ring (bicyclic) bond motifs is 1. The van der Waals surface area contributed by atoms with Gasteiger partial charge in [0, 0.05) is 11.6 Å². The van der Waals surface area contributed by atoms with Crippen molar-refractivity contribution in [2.45, 2.75) is 6.92 Å². The first kappa shape index (κ1) is 11.5. The largest absolute Gasteiger partial charge is 0.459 e. The van der Waals surface area contributed by atoms with Crippen LogP contribution < -0.4 is 5.32 Å². The van der Waals surface area contributed by atoms with E-state index in [-0.39, 0.29) is 11.7 Å². The van der Waals surface area contributed by atoms with E-state index in [1.165, 1.54) is 6.26 Å². The molecule has 2 aromatic heterocycles. The Morgan fingerprint density at radius 2 is 2.16 bits per heavy atom. The van der Waals surface area contributed by atoms with Crippen LogP contribution in [0.2, 0.25) is 0 Å². The minimum Gasteiger partial charge on any atom is -0.459 e. The lowest BCUT2D eigenvalue weighted by molar-refractivity contribution is 0.0997. The number of anilines is 1. The monoisotopic (exact) mass is 252 g/mol. The molecule has 94 valence electrons. The Kier molecular flexibility index (Phi) is 2.76. The van der Waals surface area contributed by atoms with Crippen LogP contribution >= 0.6 is 0 Å². The van der Waals surface area contributed by atoms with E-state index in [1.54, 1.807) is 18.3 Å². The molecule has 4 nitrogen and oxygen atoms in total. The molecule has 0 aliphatic carbocycles. The standard InChI is InChI=1S/C15H12N2O2/c1-10-8-11-4-2-6-16-14(11)12(9-10)17-15(18)13-5-3-7-19-13/h2-9H,1H3,(H,17,18). The van der Waals surface area contributed by atoms with Gasteiger partial charge in [0.2, 0.25) is 0 Å². The number of carbonyl (C=O) groups is 1. The van der Waals surface area contributed by atoms with Gasteiger partial charge in [0.25, 0.3) is 5.91 Å². The SMILES string of the molecule is Cc1cc(NC(=O)c2ccco2)c2ncccc2c1. The average Bonchev–Trinajstić information content (AvgIpc) is 2.92. The van der Waals surface area contributed by atoms with Crippen LogP contribution in [0.3, 0.4) is 0 Å². The molecule has 0 unspecified atom stereocenters. The highest BCUT2D eigenvalue weighted by Gasteiger charge is 2.11. The van der Waals surface area contributed by atoms with Crippen LogP contribution in [0.5, 0.6) is 0 Å². The number of hydrogen-bond acceptors (Lipinski definition) is 3. The number of carbonyl (C=O) groups excluding carboxylic acids is 1. The highest BCUT2D eigenvalue weighted by Crippen LogP contribution is 2.23. The van der Waals surface area contributed by atoms with Gasteiger partial charge in [0.05, 0.1) is 17.5 Å². The van der Waals surface area contributed by atoms with E-state index >= 15 is 0 Å². The average molecular weight is 252 g/mol. The molecule has 19 heavy (non-hydrogen) atoms. The van der Waals surface area contributed by atoms with Crippen molar-refractivity contribution in [2.75, 3.05) is 5.32 Å². The number of aromatic nitrogens is 1. The number of hydrogen-bond donors (Lipinski definition) is 1. The van der Waals surface area contributed by atoms with E-state index in [1.807, 2.05) is 31.2 Å². The molecule has 1 aromatic carbocycles. The summed E-state index contributed by atoms with van der Waals surface area (Å²) in [7, 11) is 0. The lowest BCUT2D eigenvalue weighted by Crippen LogP contribution is -2.11. The van der Waals surface area contributed by atoms with E-state index in [4.69, 9.17) is 4.42 Å². The summed E-state index contributed by atoms with van der Waals surface area (Å²) in [4.78, 5) is 16.3. The lowest BCUT2D eigenvalue weighted by Gasteiger charge is -2.08. The smallest absolute Gasteiger partial charge is 0.291 e. The Morgan fingerprint density at radius 1 is 1.26 bits per heavy atom. The van der Waals surface area contributed by atoms with Crippen molar-refractivity contribution < 1.29 is 9.21 Å². The summed E-state index contributed by atoms with van der Waals surface area (Å²) in [6.07, 6.45) is 3.18. The predicted octanol–water partition coefficient (Wildman–Crippen LogP) is 3.39. The third-order valence-corrected chi connectivity index (χ3v) is 2.84. The third-order valence-electron chi connectivity index (χ3n) is 2.84. The molecule has 4 heteroatoms. The first-order valence-electron chi connectivity index (χ1n) is 5.94. The maximum atomic E-state index is 12.0. The van der Waals surface area contributed by atoms with E-state index in [9.17, 15) is 4.79 Å². The number of benzene rings is 1. The number of pyridine rings is 1. The molecule has 1 amide bonds. The van der Waals surface area contributed by atoms with E-state index in [0.717, 1.165) is 16.5 Å². The van der Waals surface area contributed by atoms with Gasteiger partial charge in [-0.1, -0.05) is 6.07 Å². The summed E-state index contributed by atoms with van der Waals surface area (Å²) >= 11 is 0.